The Morgan fingerprint density at radius 3 is 2.77 bits per heavy atom. The van der Waals surface area contributed by atoms with Crippen LogP contribution in [0.3, 0.4) is 0 Å². The molecule has 0 saturated heterocycles. The largest absolute Gasteiger partial charge is 0.479 e. The number of halogens is 1. The number of hydrogen-bond donors (Lipinski definition) is 1. The SMILES string of the molecule is C[C@H](Oc1ccc(C#N)cc1Cl)C(=O)Nc1sccc1C#N. The number of benzene rings is 1. The Morgan fingerprint density at radius 1 is 1.36 bits per heavy atom. The number of amides is 1. The number of thiophene rings is 1. The van der Waals surface area contributed by atoms with Crippen LogP contribution in [-0.2, 0) is 4.79 Å². The molecule has 2 aromatic rings. The lowest BCUT2D eigenvalue weighted by molar-refractivity contribution is -0.122. The van der Waals surface area contributed by atoms with Crippen LogP contribution in [0.4, 0.5) is 5.00 Å². The number of anilines is 1. The van der Waals surface area contributed by atoms with Crippen molar-refractivity contribution in [3.8, 4) is 17.9 Å². The van der Waals surface area contributed by atoms with Crippen LogP contribution in [0, 0.1) is 22.7 Å². The zero-order valence-electron chi connectivity index (χ0n) is 11.5. The number of carbonyl (C=O) groups is 1. The minimum Gasteiger partial charge on any atom is -0.479 e. The topological polar surface area (TPSA) is 85.9 Å². The standard InChI is InChI=1S/C15H10ClN3O2S/c1-9(14(20)19-15-11(8-18)4-5-22-15)21-13-3-2-10(7-17)6-12(13)16/h2-6,9H,1H3,(H,19,20)/t9-/m0/s1. The lowest BCUT2D eigenvalue weighted by Gasteiger charge is -2.15. The first kappa shape index (κ1) is 15.8. The van der Waals surface area contributed by atoms with Gasteiger partial charge in [-0.25, -0.2) is 0 Å². The van der Waals surface area contributed by atoms with Gasteiger partial charge >= 0.3 is 0 Å². The third kappa shape index (κ3) is 3.56. The van der Waals surface area contributed by atoms with E-state index in [-0.39, 0.29) is 10.9 Å². The van der Waals surface area contributed by atoms with Crippen molar-refractivity contribution < 1.29 is 9.53 Å². The highest BCUT2D eigenvalue weighted by Gasteiger charge is 2.18. The minimum absolute atomic E-state index is 0.257. The monoisotopic (exact) mass is 331 g/mol. The summed E-state index contributed by atoms with van der Waals surface area (Å²) >= 11 is 7.26. The number of nitrogens with one attached hydrogen (secondary N) is 1. The lowest BCUT2D eigenvalue weighted by atomic mass is 10.2. The first-order valence-corrected chi connectivity index (χ1v) is 7.45. The highest BCUT2D eigenvalue weighted by molar-refractivity contribution is 7.14. The van der Waals surface area contributed by atoms with E-state index in [1.807, 2.05) is 12.1 Å². The Labute approximate surface area is 136 Å². The summed E-state index contributed by atoms with van der Waals surface area (Å²) in [5.74, 6) is -0.0746. The van der Waals surface area contributed by atoms with Crippen molar-refractivity contribution in [2.45, 2.75) is 13.0 Å². The summed E-state index contributed by atoms with van der Waals surface area (Å²) in [6.07, 6.45) is -0.806. The number of hydrogen-bond acceptors (Lipinski definition) is 5. The molecule has 0 fully saturated rings. The van der Waals surface area contributed by atoms with E-state index in [4.69, 9.17) is 26.9 Å². The first-order valence-electron chi connectivity index (χ1n) is 6.20. The maximum absolute atomic E-state index is 12.1. The average Bonchev–Trinajstić information content (AvgIpc) is 2.96. The molecule has 1 N–H and O–H groups in total. The minimum atomic E-state index is -0.806. The van der Waals surface area contributed by atoms with Crippen molar-refractivity contribution in [3.63, 3.8) is 0 Å². The Hall–Kier alpha value is -2.54. The van der Waals surface area contributed by atoms with Crippen molar-refractivity contribution in [1.82, 2.24) is 0 Å². The van der Waals surface area contributed by atoms with Crippen molar-refractivity contribution in [3.05, 3.63) is 45.8 Å². The summed E-state index contributed by atoms with van der Waals surface area (Å²) in [5.41, 5.74) is 0.814. The molecule has 0 aliphatic heterocycles. The number of nitriles is 2. The first-order chi connectivity index (χ1) is 10.5. The summed E-state index contributed by atoms with van der Waals surface area (Å²) in [4.78, 5) is 12.1. The average molecular weight is 332 g/mol. The molecule has 1 amide bonds. The molecule has 22 heavy (non-hydrogen) atoms. The molecule has 0 bridgehead atoms. The van der Waals surface area contributed by atoms with E-state index in [1.54, 1.807) is 24.4 Å². The van der Waals surface area contributed by atoms with Crippen LogP contribution in [0.2, 0.25) is 5.02 Å². The van der Waals surface area contributed by atoms with Crippen molar-refractivity contribution in [1.29, 1.82) is 10.5 Å². The van der Waals surface area contributed by atoms with Crippen molar-refractivity contribution in [2.24, 2.45) is 0 Å². The van der Waals surface area contributed by atoms with Crippen LogP contribution in [-0.4, -0.2) is 12.0 Å². The van der Waals surface area contributed by atoms with E-state index in [2.05, 4.69) is 5.32 Å². The van der Waals surface area contributed by atoms with E-state index < -0.39 is 6.10 Å². The molecule has 5 nitrogen and oxygen atoms in total. The maximum atomic E-state index is 12.1. The van der Waals surface area contributed by atoms with E-state index in [1.165, 1.54) is 23.5 Å². The molecule has 0 radical (unpaired) electrons. The predicted octanol–water partition coefficient (Wildman–Crippen LogP) is 3.55. The van der Waals surface area contributed by atoms with Crippen LogP contribution in [0.1, 0.15) is 18.1 Å². The van der Waals surface area contributed by atoms with Gasteiger partial charge in [0.2, 0.25) is 0 Å². The Bertz CT molecular complexity index is 789. The Kier molecular flexibility index (Phi) is 5.00. The maximum Gasteiger partial charge on any atom is 0.265 e. The molecular formula is C15H10ClN3O2S. The summed E-state index contributed by atoms with van der Waals surface area (Å²) in [6.45, 7) is 1.57. The smallest absolute Gasteiger partial charge is 0.265 e. The van der Waals surface area contributed by atoms with Crippen molar-refractivity contribution in [2.75, 3.05) is 5.32 Å². The lowest BCUT2D eigenvalue weighted by Crippen LogP contribution is -2.30. The van der Waals surface area contributed by atoms with E-state index in [0.29, 0.717) is 21.9 Å². The number of carbonyl (C=O) groups excluding carboxylic acids is 1. The van der Waals surface area contributed by atoms with Gasteiger partial charge in [0.15, 0.2) is 6.10 Å². The summed E-state index contributed by atoms with van der Waals surface area (Å²) in [5, 5.41) is 22.8. The van der Waals surface area contributed by atoms with Gasteiger partial charge in [0.25, 0.3) is 5.91 Å². The van der Waals surface area contributed by atoms with Crippen LogP contribution >= 0.6 is 22.9 Å². The molecule has 0 aliphatic rings. The van der Waals surface area contributed by atoms with Crippen LogP contribution in [0.25, 0.3) is 0 Å². The number of rotatable bonds is 4. The summed E-state index contributed by atoms with van der Waals surface area (Å²) in [7, 11) is 0. The Morgan fingerprint density at radius 2 is 2.14 bits per heavy atom. The van der Waals surface area contributed by atoms with Crippen LogP contribution in [0.5, 0.6) is 5.75 Å². The molecule has 0 aliphatic carbocycles. The predicted molar refractivity (Wildman–Crippen MR) is 83.9 cm³/mol. The van der Waals surface area contributed by atoms with Gasteiger partial charge in [-0.3, -0.25) is 4.79 Å². The molecule has 7 heteroatoms. The second-order valence-electron chi connectivity index (χ2n) is 4.28. The quantitative estimate of drug-likeness (QED) is 0.928. The molecule has 0 saturated carbocycles. The summed E-state index contributed by atoms with van der Waals surface area (Å²) in [6, 6.07) is 10.1. The molecule has 0 unspecified atom stereocenters. The molecule has 1 atom stereocenters. The van der Waals surface area contributed by atoms with E-state index >= 15 is 0 Å². The highest BCUT2D eigenvalue weighted by atomic mass is 35.5. The van der Waals surface area contributed by atoms with Gasteiger partial charge < -0.3 is 10.1 Å². The fourth-order valence-electron chi connectivity index (χ4n) is 1.62. The number of nitrogens with zero attached hydrogens (tertiary/aromatic N) is 2. The molecule has 1 aromatic heterocycles. The molecule has 110 valence electrons. The molecule has 2 rings (SSSR count). The van der Waals surface area contributed by atoms with Gasteiger partial charge in [-0.1, -0.05) is 11.6 Å². The van der Waals surface area contributed by atoms with Gasteiger partial charge in [-0.2, -0.15) is 10.5 Å². The van der Waals surface area contributed by atoms with E-state index in [0.717, 1.165) is 0 Å². The number of ether oxygens (including phenoxy) is 1. The normalized spacial score (nSPS) is 11.1. The fourth-order valence-corrected chi connectivity index (χ4v) is 2.58. The molecular weight excluding hydrogens is 322 g/mol. The van der Waals surface area contributed by atoms with Gasteiger partial charge in [-0.05, 0) is 36.6 Å². The van der Waals surface area contributed by atoms with Gasteiger partial charge in [0, 0.05) is 0 Å². The third-order valence-corrected chi connectivity index (χ3v) is 3.88. The second kappa shape index (κ2) is 6.95. The second-order valence-corrected chi connectivity index (χ2v) is 5.60. The third-order valence-electron chi connectivity index (χ3n) is 2.76. The molecule has 0 spiro atoms. The van der Waals surface area contributed by atoms with Crippen molar-refractivity contribution >= 4 is 33.8 Å². The zero-order chi connectivity index (χ0) is 16.1. The van der Waals surface area contributed by atoms with Gasteiger partial charge in [-0.15, -0.1) is 11.3 Å². The van der Waals surface area contributed by atoms with Gasteiger partial charge in [0.05, 0.1) is 22.2 Å². The molecule has 1 heterocycles. The molecule has 1 aromatic carbocycles. The fraction of sp³-hybridized carbons (Fsp3) is 0.133. The van der Waals surface area contributed by atoms with Gasteiger partial charge in [0.1, 0.15) is 16.8 Å². The highest BCUT2D eigenvalue weighted by Crippen LogP contribution is 2.27. The Balaban J connectivity index is 2.06. The van der Waals surface area contributed by atoms with E-state index in [9.17, 15) is 4.79 Å². The summed E-state index contributed by atoms with van der Waals surface area (Å²) < 4.78 is 5.50. The van der Waals surface area contributed by atoms with Crippen LogP contribution in [0.15, 0.2) is 29.6 Å². The van der Waals surface area contributed by atoms with Crippen LogP contribution < -0.4 is 10.1 Å². The zero-order valence-corrected chi connectivity index (χ0v) is 13.0.